The third-order valence-electron chi connectivity index (χ3n) is 3.61. The van der Waals surface area contributed by atoms with Crippen LogP contribution >= 0.6 is 22.6 Å². The molecule has 0 aromatic heterocycles. The zero-order valence-corrected chi connectivity index (χ0v) is 13.3. The third kappa shape index (κ3) is 3.14. The van der Waals surface area contributed by atoms with E-state index < -0.39 is 16.8 Å². The van der Waals surface area contributed by atoms with Gasteiger partial charge in [-0.15, -0.1) is 0 Å². The lowest BCUT2D eigenvalue weighted by molar-refractivity contribution is -0.384. The smallest absolute Gasteiger partial charge is 0.308 e. The summed E-state index contributed by atoms with van der Waals surface area (Å²) in [6.07, 6.45) is 0. The summed E-state index contributed by atoms with van der Waals surface area (Å²) in [5.74, 6) is -2.02. The van der Waals surface area contributed by atoms with Gasteiger partial charge in [0.15, 0.2) is 0 Å². The van der Waals surface area contributed by atoms with E-state index in [2.05, 4.69) is 0 Å². The number of carboxylic acid groups (broad SMARTS) is 1. The van der Waals surface area contributed by atoms with Gasteiger partial charge in [-0.25, -0.2) is 0 Å². The number of non-ortho nitro benzene ring substituents is 1. The lowest BCUT2D eigenvalue weighted by atomic mass is 9.99. The van der Waals surface area contributed by atoms with Gasteiger partial charge in [-0.1, -0.05) is 6.92 Å². The van der Waals surface area contributed by atoms with Crippen molar-refractivity contribution in [3.05, 3.63) is 37.4 Å². The highest BCUT2D eigenvalue weighted by Gasteiger charge is 2.37. The van der Waals surface area contributed by atoms with Crippen LogP contribution in [0.1, 0.15) is 17.3 Å². The summed E-state index contributed by atoms with van der Waals surface area (Å²) < 4.78 is 0.606. The van der Waals surface area contributed by atoms with Crippen molar-refractivity contribution in [2.75, 3.05) is 13.1 Å². The Hall–Kier alpha value is -1.71. The highest BCUT2D eigenvalue weighted by atomic mass is 127. The van der Waals surface area contributed by atoms with Crippen molar-refractivity contribution < 1.29 is 19.6 Å². The maximum absolute atomic E-state index is 12.5. The molecule has 0 bridgehead atoms. The maximum atomic E-state index is 12.5. The van der Waals surface area contributed by atoms with Crippen LogP contribution in [0, 0.1) is 25.5 Å². The van der Waals surface area contributed by atoms with Crippen LogP contribution in [0.5, 0.6) is 0 Å². The van der Waals surface area contributed by atoms with E-state index >= 15 is 0 Å². The van der Waals surface area contributed by atoms with E-state index in [1.54, 1.807) is 6.92 Å². The summed E-state index contributed by atoms with van der Waals surface area (Å²) in [6, 6.07) is 4.09. The molecule has 8 heteroatoms. The predicted molar refractivity (Wildman–Crippen MR) is 82.0 cm³/mol. The number of hydrogen-bond acceptors (Lipinski definition) is 4. The fraction of sp³-hybridized carbons (Fsp3) is 0.385. The molecular formula is C13H13IN2O5. The fourth-order valence-corrected chi connectivity index (χ4v) is 2.98. The first-order chi connectivity index (χ1) is 9.81. The van der Waals surface area contributed by atoms with Gasteiger partial charge in [-0.2, -0.15) is 0 Å². The number of nitrogens with zero attached hydrogens (tertiary/aromatic N) is 2. The number of likely N-dealkylation sites (tertiary alicyclic amines) is 1. The lowest BCUT2D eigenvalue weighted by Gasteiger charge is -2.16. The van der Waals surface area contributed by atoms with E-state index in [0.29, 0.717) is 10.1 Å². The molecule has 2 atom stereocenters. The van der Waals surface area contributed by atoms with Crippen molar-refractivity contribution in [1.29, 1.82) is 0 Å². The van der Waals surface area contributed by atoms with Gasteiger partial charge >= 0.3 is 5.97 Å². The van der Waals surface area contributed by atoms with Crippen LogP contribution in [-0.4, -0.2) is 39.9 Å². The van der Waals surface area contributed by atoms with Crippen LogP contribution in [0.2, 0.25) is 0 Å². The largest absolute Gasteiger partial charge is 0.481 e. The van der Waals surface area contributed by atoms with Crippen LogP contribution < -0.4 is 0 Å². The van der Waals surface area contributed by atoms with E-state index in [4.69, 9.17) is 5.11 Å². The first-order valence-electron chi connectivity index (χ1n) is 6.27. The zero-order chi connectivity index (χ0) is 15.7. The number of halogens is 1. The molecule has 112 valence electrons. The molecule has 1 aliphatic rings. The number of rotatable bonds is 3. The van der Waals surface area contributed by atoms with Crippen molar-refractivity contribution in [2.45, 2.75) is 6.92 Å². The summed E-state index contributed by atoms with van der Waals surface area (Å²) in [6.45, 7) is 2.26. The molecule has 0 saturated carbocycles. The SMILES string of the molecule is CC1CN(C(=O)c2cc([N+](=O)[O-])ccc2I)CC1C(=O)O. The van der Waals surface area contributed by atoms with E-state index in [1.807, 2.05) is 22.6 Å². The van der Waals surface area contributed by atoms with E-state index in [1.165, 1.54) is 23.1 Å². The average Bonchev–Trinajstić information content (AvgIpc) is 2.80. The molecule has 7 nitrogen and oxygen atoms in total. The molecule has 0 radical (unpaired) electrons. The van der Waals surface area contributed by atoms with Crippen LogP contribution in [0.15, 0.2) is 18.2 Å². The zero-order valence-electron chi connectivity index (χ0n) is 11.2. The molecule has 1 aromatic carbocycles. The first kappa shape index (κ1) is 15.7. The second-order valence-electron chi connectivity index (χ2n) is 5.05. The highest BCUT2D eigenvalue weighted by molar-refractivity contribution is 14.1. The van der Waals surface area contributed by atoms with E-state index in [9.17, 15) is 19.7 Å². The second kappa shape index (κ2) is 5.96. The molecular weight excluding hydrogens is 391 g/mol. The number of carboxylic acids is 1. The predicted octanol–water partition coefficient (Wildman–Crippen LogP) is 1.99. The molecule has 1 amide bonds. The summed E-state index contributed by atoms with van der Waals surface area (Å²) in [7, 11) is 0. The summed E-state index contributed by atoms with van der Waals surface area (Å²) in [4.78, 5) is 35.3. The number of hydrogen-bond donors (Lipinski definition) is 1. The summed E-state index contributed by atoms with van der Waals surface area (Å²) in [5, 5.41) is 19.9. The Kier molecular flexibility index (Phi) is 4.45. The van der Waals surface area contributed by atoms with E-state index in [-0.39, 0.29) is 29.6 Å². The molecule has 0 aliphatic carbocycles. The van der Waals surface area contributed by atoms with Gasteiger partial charge in [-0.05, 0) is 34.6 Å². The highest BCUT2D eigenvalue weighted by Crippen LogP contribution is 2.27. The Morgan fingerprint density at radius 1 is 1.43 bits per heavy atom. The minimum absolute atomic E-state index is 0.133. The fourth-order valence-electron chi connectivity index (χ4n) is 2.42. The Bertz CT molecular complexity index is 619. The molecule has 2 rings (SSSR count). The number of nitro benzene ring substituents is 1. The Balaban J connectivity index is 2.27. The van der Waals surface area contributed by atoms with Crippen molar-refractivity contribution >= 4 is 40.2 Å². The van der Waals surface area contributed by atoms with Crippen molar-refractivity contribution in [3.63, 3.8) is 0 Å². The summed E-state index contributed by atoms with van der Waals surface area (Å²) >= 11 is 1.94. The number of carbonyl (C=O) groups excluding carboxylic acids is 1. The minimum atomic E-state index is -0.925. The normalized spacial score (nSPS) is 21.3. The molecule has 1 fully saturated rings. The van der Waals surface area contributed by atoms with Crippen molar-refractivity contribution in [2.24, 2.45) is 11.8 Å². The number of aliphatic carboxylic acids is 1. The van der Waals surface area contributed by atoms with E-state index in [0.717, 1.165) is 0 Å². The topological polar surface area (TPSA) is 101 Å². The van der Waals surface area contributed by atoms with Gasteiger partial charge in [0.1, 0.15) is 0 Å². The van der Waals surface area contributed by atoms with Crippen LogP contribution in [-0.2, 0) is 4.79 Å². The quantitative estimate of drug-likeness (QED) is 0.472. The van der Waals surface area contributed by atoms with Crippen molar-refractivity contribution in [1.82, 2.24) is 4.90 Å². The Morgan fingerprint density at radius 2 is 2.10 bits per heavy atom. The average molecular weight is 404 g/mol. The molecule has 1 aromatic rings. The van der Waals surface area contributed by atoms with Gasteiger partial charge < -0.3 is 10.0 Å². The minimum Gasteiger partial charge on any atom is -0.481 e. The molecule has 1 heterocycles. The van der Waals surface area contributed by atoms with Crippen LogP contribution in [0.4, 0.5) is 5.69 Å². The molecule has 2 unspecified atom stereocenters. The monoisotopic (exact) mass is 404 g/mol. The molecule has 1 N–H and O–H groups in total. The number of benzene rings is 1. The van der Waals surface area contributed by atoms with Gasteiger partial charge in [0.05, 0.1) is 16.4 Å². The standard InChI is InChI=1S/C13H13IN2O5/c1-7-5-15(6-10(7)13(18)19)12(17)9-4-8(16(20)21)2-3-11(9)14/h2-4,7,10H,5-6H2,1H3,(H,18,19). The Labute approximate surface area is 134 Å². The second-order valence-corrected chi connectivity index (χ2v) is 6.22. The molecule has 0 spiro atoms. The molecule has 1 aliphatic heterocycles. The maximum Gasteiger partial charge on any atom is 0.308 e. The molecule has 1 saturated heterocycles. The number of carbonyl (C=O) groups is 2. The van der Waals surface area contributed by atoms with Crippen LogP contribution in [0.25, 0.3) is 0 Å². The van der Waals surface area contributed by atoms with Gasteiger partial charge in [-0.3, -0.25) is 19.7 Å². The molecule has 21 heavy (non-hydrogen) atoms. The van der Waals surface area contributed by atoms with Gasteiger partial charge in [0, 0.05) is 28.8 Å². The van der Waals surface area contributed by atoms with Crippen LogP contribution in [0.3, 0.4) is 0 Å². The van der Waals surface area contributed by atoms with Gasteiger partial charge in [0.25, 0.3) is 11.6 Å². The first-order valence-corrected chi connectivity index (χ1v) is 7.35. The third-order valence-corrected chi connectivity index (χ3v) is 4.55. The number of nitro groups is 1. The lowest BCUT2D eigenvalue weighted by Crippen LogP contribution is -2.30. The summed E-state index contributed by atoms with van der Waals surface area (Å²) in [5.41, 5.74) is 0.0869. The Morgan fingerprint density at radius 3 is 2.62 bits per heavy atom. The van der Waals surface area contributed by atoms with Crippen molar-refractivity contribution in [3.8, 4) is 0 Å². The van der Waals surface area contributed by atoms with Gasteiger partial charge in [0.2, 0.25) is 0 Å². The number of amides is 1.